The summed E-state index contributed by atoms with van der Waals surface area (Å²) in [6, 6.07) is 7.48. The van der Waals surface area contributed by atoms with Crippen LogP contribution in [0.1, 0.15) is 23.0 Å². The Hall–Kier alpha value is -1.72. The van der Waals surface area contributed by atoms with Crippen LogP contribution in [-0.4, -0.2) is 40.6 Å². The molecule has 20 heavy (non-hydrogen) atoms. The van der Waals surface area contributed by atoms with Crippen molar-refractivity contribution >= 4 is 17.2 Å². The van der Waals surface area contributed by atoms with Gasteiger partial charge >= 0.3 is 0 Å². The molecule has 0 bridgehead atoms. The number of aliphatic hydroxyl groups excluding tert-OH is 1. The highest BCUT2D eigenvalue weighted by Crippen LogP contribution is 2.24. The Morgan fingerprint density at radius 3 is 2.85 bits per heavy atom. The van der Waals surface area contributed by atoms with E-state index in [1.807, 2.05) is 37.4 Å². The van der Waals surface area contributed by atoms with E-state index in [1.165, 1.54) is 0 Å². The maximum atomic E-state index is 12.4. The zero-order chi connectivity index (χ0) is 14.5. The van der Waals surface area contributed by atoms with Crippen molar-refractivity contribution in [3.63, 3.8) is 0 Å². The van der Waals surface area contributed by atoms with Gasteiger partial charge in [0.1, 0.15) is 5.01 Å². The monoisotopic (exact) mass is 290 g/mol. The Kier molecular flexibility index (Phi) is 4.87. The molecule has 0 fully saturated rings. The average Bonchev–Trinajstić information content (AvgIpc) is 2.91. The lowest BCUT2D eigenvalue weighted by atomic mass is 10.1. The molecule has 4 nitrogen and oxygen atoms in total. The van der Waals surface area contributed by atoms with Crippen LogP contribution >= 0.6 is 11.3 Å². The van der Waals surface area contributed by atoms with Gasteiger partial charge in [0.15, 0.2) is 0 Å². The van der Waals surface area contributed by atoms with Crippen LogP contribution in [-0.2, 0) is 0 Å². The third kappa shape index (κ3) is 3.23. The number of aryl methyl sites for hydroxylation is 1. The van der Waals surface area contributed by atoms with E-state index in [0.29, 0.717) is 18.7 Å². The van der Waals surface area contributed by atoms with Gasteiger partial charge < -0.3 is 10.0 Å². The lowest BCUT2D eigenvalue weighted by molar-refractivity contribution is 0.0732. The van der Waals surface area contributed by atoms with Crippen LogP contribution in [0.5, 0.6) is 0 Å². The molecule has 0 saturated carbocycles. The summed E-state index contributed by atoms with van der Waals surface area (Å²) in [5, 5.41) is 11.9. The first-order valence-electron chi connectivity index (χ1n) is 6.58. The van der Waals surface area contributed by atoms with Gasteiger partial charge in [-0.25, -0.2) is 4.98 Å². The second-order valence-corrected chi connectivity index (χ2v) is 5.34. The normalized spacial score (nSPS) is 10.6. The molecule has 1 N–H and O–H groups in total. The first kappa shape index (κ1) is 14.7. The van der Waals surface area contributed by atoms with Gasteiger partial charge in [-0.15, -0.1) is 11.3 Å². The number of nitrogens with zero attached hydrogens (tertiary/aromatic N) is 2. The summed E-state index contributed by atoms with van der Waals surface area (Å²) in [7, 11) is 0. The summed E-state index contributed by atoms with van der Waals surface area (Å²) in [5.74, 6) is -0.0586. The second-order valence-electron chi connectivity index (χ2n) is 4.48. The van der Waals surface area contributed by atoms with E-state index in [9.17, 15) is 4.79 Å². The number of aromatic nitrogens is 1. The summed E-state index contributed by atoms with van der Waals surface area (Å²) in [5.41, 5.74) is 2.57. The largest absolute Gasteiger partial charge is 0.395 e. The molecule has 0 aliphatic rings. The van der Waals surface area contributed by atoms with Crippen LogP contribution in [0.4, 0.5) is 0 Å². The van der Waals surface area contributed by atoms with Gasteiger partial charge in [0, 0.05) is 35.3 Å². The summed E-state index contributed by atoms with van der Waals surface area (Å²) in [6.45, 7) is 4.78. The summed E-state index contributed by atoms with van der Waals surface area (Å²) >= 11 is 1.57. The predicted molar refractivity (Wildman–Crippen MR) is 81.0 cm³/mol. The van der Waals surface area contributed by atoms with E-state index in [4.69, 9.17) is 5.11 Å². The van der Waals surface area contributed by atoms with E-state index in [0.717, 1.165) is 16.3 Å². The average molecular weight is 290 g/mol. The van der Waals surface area contributed by atoms with Gasteiger partial charge in [0.05, 0.1) is 6.61 Å². The number of aliphatic hydroxyl groups is 1. The first-order chi connectivity index (χ1) is 9.65. The fraction of sp³-hybridized carbons (Fsp3) is 0.333. The molecule has 1 amide bonds. The molecule has 0 aliphatic heterocycles. The van der Waals surface area contributed by atoms with Crippen molar-refractivity contribution in [3.05, 3.63) is 40.9 Å². The predicted octanol–water partition coefficient (Wildman–Crippen LogP) is 2.57. The number of hydrogen-bond donors (Lipinski definition) is 1. The molecule has 0 aliphatic carbocycles. The number of carbonyl (C=O) groups excluding carboxylic acids is 1. The molecule has 1 heterocycles. The molecule has 0 radical (unpaired) electrons. The van der Waals surface area contributed by atoms with Crippen LogP contribution in [0.15, 0.2) is 29.6 Å². The Balaban J connectivity index is 2.27. The van der Waals surface area contributed by atoms with Crippen LogP contribution in [0.2, 0.25) is 0 Å². The van der Waals surface area contributed by atoms with Crippen LogP contribution < -0.4 is 0 Å². The van der Waals surface area contributed by atoms with Gasteiger partial charge in [-0.2, -0.15) is 0 Å². The van der Waals surface area contributed by atoms with Gasteiger partial charge in [0.2, 0.25) is 0 Å². The molecule has 2 aromatic rings. The lowest BCUT2D eigenvalue weighted by Gasteiger charge is -2.19. The number of benzene rings is 1. The summed E-state index contributed by atoms with van der Waals surface area (Å²) < 4.78 is 0. The number of hydrogen-bond acceptors (Lipinski definition) is 4. The van der Waals surface area contributed by atoms with Gasteiger partial charge in [0.25, 0.3) is 5.91 Å². The molecule has 2 rings (SSSR count). The minimum Gasteiger partial charge on any atom is -0.395 e. The highest BCUT2D eigenvalue weighted by Gasteiger charge is 2.14. The maximum absolute atomic E-state index is 12.4. The molecular weight excluding hydrogens is 272 g/mol. The molecule has 0 unspecified atom stereocenters. The number of likely N-dealkylation sites (N-methyl/N-ethyl adjacent to an activating group) is 1. The number of thiazole rings is 1. The molecular formula is C15H18N2O2S. The van der Waals surface area contributed by atoms with E-state index in [2.05, 4.69) is 4.98 Å². The summed E-state index contributed by atoms with van der Waals surface area (Å²) in [6.07, 6.45) is 0. The Bertz CT molecular complexity index is 595. The SMILES string of the molecule is CCN(CCO)C(=O)c1cccc(-c2nc(C)cs2)c1. The van der Waals surface area contributed by atoms with Crippen molar-refractivity contribution < 1.29 is 9.90 Å². The molecule has 1 aromatic carbocycles. The Labute approximate surface area is 122 Å². The minimum absolute atomic E-state index is 0.0229. The third-order valence-corrected chi connectivity index (χ3v) is 4.02. The quantitative estimate of drug-likeness (QED) is 0.921. The van der Waals surface area contributed by atoms with Crippen molar-refractivity contribution in [3.8, 4) is 10.6 Å². The fourth-order valence-electron chi connectivity index (χ4n) is 1.98. The molecule has 0 spiro atoms. The van der Waals surface area contributed by atoms with E-state index >= 15 is 0 Å². The topological polar surface area (TPSA) is 53.4 Å². The molecule has 0 atom stereocenters. The first-order valence-corrected chi connectivity index (χ1v) is 7.46. The van der Waals surface area contributed by atoms with E-state index < -0.39 is 0 Å². The smallest absolute Gasteiger partial charge is 0.253 e. The zero-order valence-electron chi connectivity index (χ0n) is 11.7. The van der Waals surface area contributed by atoms with Crippen molar-refractivity contribution in [1.29, 1.82) is 0 Å². The van der Waals surface area contributed by atoms with Gasteiger partial charge in [-0.3, -0.25) is 4.79 Å². The Morgan fingerprint density at radius 2 is 2.25 bits per heavy atom. The van der Waals surface area contributed by atoms with Crippen LogP contribution in [0.3, 0.4) is 0 Å². The minimum atomic E-state index is -0.0586. The molecule has 106 valence electrons. The highest BCUT2D eigenvalue weighted by molar-refractivity contribution is 7.13. The summed E-state index contributed by atoms with van der Waals surface area (Å²) in [4.78, 5) is 18.4. The number of carbonyl (C=O) groups is 1. The van der Waals surface area contributed by atoms with Gasteiger partial charge in [-0.1, -0.05) is 12.1 Å². The third-order valence-electron chi connectivity index (χ3n) is 3.01. The van der Waals surface area contributed by atoms with E-state index in [-0.39, 0.29) is 12.5 Å². The second kappa shape index (κ2) is 6.63. The van der Waals surface area contributed by atoms with Crippen molar-refractivity contribution in [2.45, 2.75) is 13.8 Å². The molecule has 1 aromatic heterocycles. The van der Waals surface area contributed by atoms with Crippen molar-refractivity contribution in [2.24, 2.45) is 0 Å². The molecule has 5 heteroatoms. The Morgan fingerprint density at radius 1 is 1.45 bits per heavy atom. The maximum Gasteiger partial charge on any atom is 0.253 e. The molecule has 0 saturated heterocycles. The highest BCUT2D eigenvalue weighted by atomic mass is 32.1. The van der Waals surface area contributed by atoms with Gasteiger partial charge in [-0.05, 0) is 26.0 Å². The van der Waals surface area contributed by atoms with Crippen LogP contribution in [0, 0.1) is 6.92 Å². The standard InChI is InChI=1S/C15H18N2O2S/c1-3-17(7-8-18)15(19)13-6-4-5-12(9-13)14-16-11(2)10-20-14/h4-6,9-10,18H,3,7-8H2,1-2H3. The van der Waals surface area contributed by atoms with E-state index in [1.54, 1.807) is 22.3 Å². The lowest BCUT2D eigenvalue weighted by Crippen LogP contribution is -2.33. The number of amides is 1. The van der Waals surface area contributed by atoms with Crippen molar-refractivity contribution in [2.75, 3.05) is 19.7 Å². The van der Waals surface area contributed by atoms with Crippen molar-refractivity contribution in [1.82, 2.24) is 9.88 Å². The van der Waals surface area contributed by atoms with Crippen LogP contribution in [0.25, 0.3) is 10.6 Å². The number of rotatable bonds is 5. The zero-order valence-corrected chi connectivity index (χ0v) is 12.5. The fourth-order valence-corrected chi connectivity index (χ4v) is 2.77.